The SMILES string of the molecule is Cc1cccc(C)c1N1CCN(C(=O)Nc2ccc(F)cc2)CC1. The number of rotatable bonds is 2. The molecule has 0 saturated carbocycles. The van der Waals surface area contributed by atoms with E-state index in [0.717, 1.165) is 13.1 Å². The number of amides is 2. The zero-order valence-corrected chi connectivity index (χ0v) is 14.1. The van der Waals surface area contributed by atoms with Crippen LogP contribution >= 0.6 is 0 Å². The molecule has 0 aromatic heterocycles. The van der Waals surface area contributed by atoms with Gasteiger partial charge in [-0.2, -0.15) is 0 Å². The molecule has 2 aromatic rings. The first-order chi connectivity index (χ1) is 11.5. The van der Waals surface area contributed by atoms with Crippen molar-refractivity contribution in [3.8, 4) is 0 Å². The van der Waals surface area contributed by atoms with E-state index in [2.05, 4.69) is 42.3 Å². The average Bonchev–Trinajstić information content (AvgIpc) is 2.57. The summed E-state index contributed by atoms with van der Waals surface area (Å²) in [4.78, 5) is 16.5. The maximum Gasteiger partial charge on any atom is 0.321 e. The Bertz CT molecular complexity index is 702. The van der Waals surface area contributed by atoms with E-state index >= 15 is 0 Å². The van der Waals surface area contributed by atoms with E-state index in [1.165, 1.54) is 28.9 Å². The van der Waals surface area contributed by atoms with Gasteiger partial charge in [-0.15, -0.1) is 0 Å². The number of benzene rings is 2. The molecule has 4 nitrogen and oxygen atoms in total. The molecule has 2 aromatic carbocycles. The number of nitrogens with one attached hydrogen (secondary N) is 1. The molecule has 24 heavy (non-hydrogen) atoms. The number of carbonyl (C=O) groups excluding carboxylic acids is 1. The highest BCUT2D eigenvalue weighted by molar-refractivity contribution is 5.89. The molecule has 0 atom stereocenters. The third-order valence-electron chi connectivity index (χ3n) is 4.42. The van der Waals surface area contributed by atoms with Gasteiger partial charge in [0.05, 0.1) is 0 Å². The van der Waals surface area contributed by atoms with Crippen LogP contribution in [-0.2, 0) is 0 Å². The van der Waals surface area contributed by atoms with E-state index in [1.807, 2.05) is 0 Å². The number of piperazine rings is 1. The van der Waals surface area contributed by atoms with Crippen molar-refractivity contribution in [3.05, 3.63) is 59.4 Å². The predicted octanol–water partition coefficient (Wildman–Crippen LogP) is 3.80. The first kappa shape index (κ1) is 16.3. The predicted molar refractivity (Wildman–Crippen MR) is 95.1 cm³/mol. The van der Waals surface area contributed by atoms with Crippen molar-refractivity contribution in [2.24, 2.45) is 0 Å². The van der Waals surface area contributed by atoms with Gasteiger partial charge in [0.1, 0.15) is 5.82 Å². The summed E-state index contributed by atoms with van der Waals surface area (Å²) >= 11 is 0. The number of nitrogens with zero attached hydrogens (tertiary/aromatic N) is 2. The normalized spacial score (nSPS) is 14.6. The van der Waals surface area contributed by atoms with Gasteiger partial charge in [-0.1, -0.05) is 18.2 Å². The minimum absolute atomic E-state index is 0.136. The summed E-state index contributed by atoms with van der Waals surface area (Å²) in [5.41, 5.74) is 4.41. The molecule has 2 amide bonds. The zero-order chi connectivity index (χ0) is 17.1. The Kier molecular flexibility index (Phi) is 4.69. The third kappa shape index (κ3) is 3.50. The second kappa shape index (κ2) is 6.91. The number of anilines is 2. The van der Waals surface area contributed by atoms with Crippen LogP contribution in [0.3, 0.4) is 0 Å². The Morgan fingerprint density at radius 3 is 2.12 bits per heavy atom. The second-order valence-electron chi connectivity index (χ2n) is 6.15. The Morgan fingerprint density at radius 1 is 0.958 bits per heavy atom. The lowest BCUT2D eigenvalue weighted by Gasteiger charge is -2.37. The van der Waals surface area contributed by atoms with E-state index in [4.69, 9.17) is 0 Å². The summed E-state index contributed by atoms with van der Waals surface area (Å²) in [5, 5.41) is 2.82. The fraction of sp³-hybridized carbons (Fsp3) is 0.316. The summed E-state index contributed by atoms with van der Waals surface area (Å²) in [6, 6.07) is 12.0. The highest BCUT2D eigenvalue weighted by atomic mass is 19.1. The Hall–Kier alpha value is -2.56. The van der Waals surface area contributed by atoms with E-state index < -0.39 is 0 Å². The summed E-state index contributed by atoms with van der Waals surface area (Å²) in [6.07, 6.45) is 0. The van der Waals surface area contributed by atoms with Gasteiger partial charge in [-0.3, -0.25) is 0 Å². The number of para-hydroxylation sites is 1. The molecule has 1 heterocycles. The first-order valence-corrected chi connectivity index (χ1v) is 8.17. The van der Waals surface area contributed by atoms with Crippen molar-refractivity contribution in [2.75, 3.05) is 36.4 Å². The molecule has 0 aliphatic carbocycles. The summed E-state index contributed by atoms with van der Waals surface area (Å²) in [5.74, 6) is -0.310. The molecule has 5 heteroatoms. The molecule has 0 radical (unpaired) electrons. The van der Waals surface area contributed by atoms with Gasteiger partial charge in [-0.05, 0) is 49.2 Å². The number of urea groups is 1. The average molecular weight is 327 g/mol. The molecule has 1 aliphatic rings. The maximum absolute atomic E-state index is 12.9. The second-order valence-corrected chi connectivity index (χ2v) is 6.15. The minimum atomic E-state index is -0.310. The molecule has 1 N–H and O–H groups in total. The lowest BCUT2D eigenvalue weighted by Crippen LogP contribution is -2.50. The molecular formula is C19H22FN3O. The molecule has 0 spiro atoms. The smallest absolute Gasteiger partial charge is 0.321 e. The highest BCUT2D eigenvalue weighted by Gasteiger charge is 2.22. The number of aryl methyl sites for hydroxylation is 2. The zero-order valence-electron chi connectivity index (χ0n) is 14.1. The van der Waals surface area contributed by atoms with Crippen molar-refractivity contribution < 1.29 is 9.18 Å². The van der Waals surface area contributed by atoms with Crippen molar-refractivity contribution in [2.45, 2.75) is 13.8 Å². The van der Waals surface area contributed by atoms with Gasteiger partial charge in [0.2, 0.25) is 0 Å². The highest BCUT2D eigenvalue weighted by Crippen LogP contribution is 2.25. The standard InChI is InChI=1S/C19H22FN3O/c1-14-4-3-5-15(2)18(14)22-10-12-23(13-11-22)19(24)21-17-8-6-16(20)7-9-17/h3-9H,10-13H2,1-2H3,(H,21,24). The van der Waals surface area contributed by atoms with Gasteiger partial charge in [-0.25, -0.2) is 9.18 Å². The largest absolute Gasteiger partial charge is 0.368 e. The van der Waals surface area contributed by atoms with E-state index in [-0.39, 0.29) is 11.8 Å². The molecular weight excluding hydrogens is 305 g/mol. The van der Waals surface area contributed by atoms with Crippen molar-refractivity contribution in [3.63, 3.8) is 0 Å². The minimum Gasteiger partial charge on any atom is -0.368 e. The molecule has 1 fully saturated rings. The lowest BCUT2D eigenvalue weighted by molar-refractivity contribution is 0.208. The first-order valence-electron chi connectivity index (χ1n) is 8.17. The number of carbonyl (C=O) groups is 1. The molecule has 0 bridgehead atoms. The van der Waals surface area contributed by atoms with E-state index in [0.29, 0.717) is 18.8 Å². The molecule has 3 rings (SSSR count). The van der Waals surface area contributed by atoms with Crippen molar-refractivity contribution >= 4 is 17.4 Å². The number of hydrogen-bond acceptors (Lipinski definition) is 2. The van der Waals surface area contributed by atoms with Gasteiger partial charge >= 0.3 is 6.03 Å². The number of hydrogen-bond donors (Lipinski definition) is 1. The molecule has 1 saturated heterocycles. The molecule has 126 valence electrons. The summed E-state index contributed by atoms with van der Waals surface area (Å²) in [7, 11) is 0. The van der Waals surface area contributed by atoms with E-state index in [9.17, 15) is 9.18 Å². The van der Waals surface area contributed by atoms with E-state index in [1.54, 1.807) is 17.0 Å². The Morgan fingerprint density at radius 2 is 1.54 bits per heavy atom. The van der Waals surface area contributed by atoms with Crippen molar-refractivity contribution in [1.82, 2.24) is 4.90 Å². The van der Waals surface area contributed by atoms with Crippen LogP contribution < -0.4 is 10.2 Å². The fourth-order valence-electron chi connectivity index (χ4n) is 3.17. The number of halogens is 1. The monoisotopic (exact) mass is 327 g/mol. The van der Waals surface area contributed by atoms with Crippen LogP contribution in [0.15, 0.2) is 42.5 Å². The van der Waals surface area contributed by atoms with Gasteiger partial charge in [0, 0.05) is 37.6 Å². The molecule has 1 aliphatic heterocycles. The van der Waals surface area contributed by atoms with Crippen LogP contribution in [0.1, 0.15) is 11.1 Å². The van der Waals surface area contributed by atoms with Crippen molar-refractivity contribution in [1.29, 1.82) is 0 Å². The van der Waals surface area contributed by atoms with Gasteiger partial charge in [0.25, 0.3) is 0 Å². The topological polar surface area (TPSA) is 35.6 Å². The summed E-state index contributed by atoms with van der Waals surface area (Å²) < 4.78 is 12.9. The Labute approximate surface area is 141 Å². The van der Waals surface area contributed by atoms with Crippen LogP contribution in [0.5, 0.6) is 0 Å². The van der Waals surface area contributed by atoms with Crippen LogP contribution in [0.25, 0.3) is 0 Å². The van der Waals surface area contributed by atoms with Crippen LogP contribution in [0.2, 0.25) is 0 Å². The maximum atomic E-state index is 12.9. The van der Waals surface area contributed by atoms with Crippen LogP contribution in [-0.4, -0.2) is 37.1 Å². The molecule has 0 unspecified atom stereocenters. The van der Waals surface area contributed by atoms with Gasteiger partial charge in [0.15, 0.2) is 0 Å². The van der Waals surface area contributed by atoms with Crippen LogP contribution in [0, 0.1) is 19.7 Å². The Balaban J connectivity index is 1.60. The lowest BCUT2D eigenvalue weighted by atomic mass is 10.1. The quantitative estimate of drug-likeness (QED) is 0.911. The van der Waals surface area contributed by atoms with Crippen LogP contribution in [0.4, 0.5) is 20.6 Å². The fourth-order valence-corrected chi connectivity index (χ4v) is 3.17. The summed E-state index contributed by atoms with van der Waals surface area (Å²) in [6.45, 7) is 7.19. The van der Waals surface area contributed by atoms with Gasteiger partial charge < -0.3 is 15.1 Å². The third-order valence-corrected chi connectivity index (χ3v) is 4.42.